The van der Waals surface area contributed by atoms with Gasteiger partial charge in [0.15, 0.2) is 0 Å². The van der Waals surface area contributed by atoms with Gasteiger partial charge in [-0.3, -0.25) is 24.0 Å². The van der Waals surface area contributed by atoms with Gasteiger partial charge in [-0.2, -0.15) is 5.10 Å². The summed E-state index contributed by atoms with van der Waals surface area (Å²) in [5.41, 5.74) is 0.453. The van der Waals surface area contributed by atoms with Crippen LogP contribution in [0.15, 0.2) is 41.5 Å². The van der Waals surface area contributed by atoms with E-state index in [1.54, 1.807) is 24.4 Å². The molecule has 0 saturated carbocycles. The second-order valence-corrected chi connectivity index (χ2v) is 6.42. The molecule has 9 nitrogen and oxygen atoms in total. The highest BCUT2D eigenvalue weighted by Gasteiger charge is 2.31. The minimum atomic E-state index is -0.649. The summed E-state index contributed by atoms with van der Waals surface area (Å²) in [6.45, 7) is 1.21. The third-order valence-corrected chi connectivity index (χ3v) is 4.95. The van der Waals surface area contributed by atoms with Crippen molar-refractivity contribution in [1.29, 1.82) is 0 Å². The van der Waals surface area contributed by atoms with Crippen molar-refractivity contribution >= 4 is 17.2 Å². The minimum Gasteiger partial charge on any atom is -0.351 e. The van der Waals surface area contributed by atoms with Gasteiger partial charge in [0.05, 0.1) is 4.92 Å². The molecule has 9 heteroatoms. The molecule has 0 spiro atoms. The number of hydrogen-bond acceptors (Lipinski definition) is 6. The Kier molecular flexibility index (Phi) is 3.90. The number of aromatic nitrogens is 4. The number of piperidine rings is 1. The molecule has 3 aromatic heterocycles. The summed E-state index contributed by atoms with van der Waals surface area (Å²) in [5, 5.41) is 15.7. The van der Waals surface area contributed by atoms with Gasteiger partial charge in [-0.25, -0.2) is 4.98 Å². The number of anilines is 1. The summed E-state index contributed by atoms with van der Waals surface area (Å²) in [4.78, 5) is 29.7. The first-order chi connectivity index (χ1) is 12.6. The Hall–Kier alpha value is -3.23. The monoisotopic (exact) mass is 354 g/mol. The second kappa shape index (κ2) is 6.25. The van der Waals surface area contributed by atoms with Crippen LogP contribution in [0.25, 0.3) is 5.65 Å². The molecule has 3 aromatic rings. The van der Waals surface area contributed by atoms with E-state index >= 15 is 0 Å². The van der Waals surface area contributed by atoms with E-state index < -0.39 is 16.2 Å². The molecule has 1 fully saturated rings. The van der Waals surface area contributed by atoms with Gasteiger partial charge >= 0.3 is 11.2 Å². The molecule has 1 aliphatic heterocycles. The predicted octanol–water partition coefficient (Wildman–Crippen LogP) is 1.72. The molecular weight excluding hydrogens is 336 g/mol. The molecule has 26 heavy (non-hydrogen) atoms. The van der Waals surface area contributed by atoms with Gasteiger partial charge in [0.25, 0.3) is 0 Å². The molecule has 0 aromatic carbocycles. The second-order valence-electron chi connectivity index (χ2n) is 6.42. The van der Waals surface area contributed by atoms with Crippen LogP contribution < -0.4 is 10.5 Å². The van der Waals surface area contributed by atoms with Crippen LogP contribution in [0.3, 0.4) is 0 Å². The summed E-state index contributed by atoms with van der Waals surface area (Å²) < 4.78 is 3.08. The molecule has 4 heterocycles. The summed E-state index contributed by atoms with van der Waals surface area (Å²) in [5.74, 6) is 0.508. The van der Waals surface area contributed by atoms with Crippen LogP contribution in [0.1, 0.15) is 24.5 Å². The van der Waals surface area contributed by atoms with Crippen molar-refractivity contribution in [3.05, 3.63) is 62.8 Å². The predicted molar refractivity (Wildman–Crippen MR) is 95.5 cm³/mol. The first-order valence-electron chi connectivity index (χ1n) is 8.45. The van der Waals surface area contributed by atoms with Crippen molar-refractivity contribution in [2.75, 3.05) is 18.0 Å². The van der Waals surface area contributed by atoms with Crippen molar-refractivity contribution in [1.82, 2.24) is 19.2 Å². The van der Waals surface area contributed by atoms with Gasteiger partial charge < -0.3 is 4.90 Å². The van der Waals surface area contributed by atoms with E-state index in [-0.39, 0.29) is 5.82 Å². The molecule has 0 amide bonds. The van der Waals surface area contributed by atoms with E-state index in [1.165, 1.54) is 10.6 Å². The lowest BCUT2D eigenvalue weighted by Gasteiger charge is -2.32. The van der Waals surface area contributed by atoms with Gasteiger partial charge in [0.1, 0.15) is 5.65 Å². The summed E-state index contributed by atoms with van der Waals surface area (Å²) in [6, 6.07) is 7.09. The van der Waals surface area contributed by atoms with Crippen molar-refractivity contribution in [3.63, 3.8) is 0 Å². The lowest BCUT2D eigenvalue weighted by Crippen LogP contribution is -2.36. The standard InChI is InChI=1S/C17H18N6O3/c1-20-13(5-8-18-20)12-6-10-21(11-7-12)16-15(23(25)26)17(24)22-9-3-2-4-14(22)19-16/h2-5,8-9,12H,6-7,10-11H2,1H3. The first-order valence-corrected chi connectivity index (χ1v) is 8.45. The Labute approximate surface area is 148 Å². The van der Waals surface area contributed by atoms with Gasteiger partial charge in [-0.15, -0.1) is 0 Å². The van der Waals surface area contributed by atoms with Crippen LogP contribution in [-0.2, 0) is 7.05 Å². The van der Waals surface area contributed by atoms with Gasteiger partial charge in [0.2, 0.25) is 5.82 Å². The van der Waals surface area contributed by atoms with Crippen LogP contribution >= 0.6 is 0 Å². The third kappa shape index (κ3) is 2.61. The smallest absolute Gasteiger partial charge is 0.351 e. The Balaban J connectivity index is 1.69. The highest BCUT2D eigenvalue weighted by atomic mass is 16.6. The highest BCUT2D eigenvalue weighted by Crippen LogP contribution is 2.32. The fourth-order valence-electron chi connectivity index (χ4n) is 3.62. The zero-order valence-corrected chi connectivity index (χ0v) is 14.3. The van der Waals surface area contributed by atoms with E-state index in [1.807, 2.05) is 22.7 Å². The molecule has 134 valence electrons. The van der Waals surface area contributed by atoms with Crippen LogP contribution in [-0.4, -0.2) is 37.2 Å². The molecule has 0 N–H and O–H groups in total. The SMILES string of the molecule is Cn1nccc1C1CCN(c2nc3ccccn3c(=O)c2[N+](=O)[O-])CC1. The van der Waals surface area contributed by atoms with E-state index in [0.717, 1.165) is 18.5 Å². The number of rotatable bonds is 3. The fourth-order valence-corrected chi connectivity index (χ4v) is 3.62. The summed E-state index contributed by atoms with van der Waals surface area (Å²) >= 11 is 0. The van der Waals surface area contributed by atoms with Crippen LogP contribution in [0.2, 0.25) is 0 Å². The quantitative estimate of drug-likeness (QED) is 0.525. The molecular formula is C17H18N6O3. The molecule has 1 saturated heterocycles. The number of pyridine rings is 1. The average Bonchev–Trinajstić information content (AvgIpc) is 3.07. The summed E-state index contributed by atoms with van der Waals surface area (Å²) in [7, 11) is 1.92. The molecule has 4 rings (SSSR count). The van der Waals surface area contributed by atoms with Gasteiger partial charge in [0, 0.05) is 44.1 Å². The maximum Gasteiger partial charge on any atom is 0.376 e. The topological polar surface area (TPSA) is 98.6 Å². The Morgan fingerprint density at radius 2 is 2.00 bits per heavy atom. The fraction of sp³-hybridized carbons (Fsp3) is 0.353. The number of fused-ring (bicyclic) bond motifs is 1. The Bertz CT molecular complexity index is 1030. The maximum atomic E-state index is 12.6. The average molecular weight is 354 g/mol. The van der Waals surface area contributed by atoms with Gasteiger partial charge in [-0.05, 0) is 31.0 Å². The van der Waals surface area contributed by atoms with Crippen molar-refractivity contribution < 1.29 is 4.92 Å². The normalized spacial score (nSPS) is 15.5. The van der Waals surface area contributed by atoms with Crippen molar-refractivity contribution in [2.45, 2.75) is 18.8 Å². The van der Waals surface area contributed by atoms with Crippen molar-refractivity contribution in [2.24, 2.45) is 7.05 Å². The zero-order chi connectivity index (χ0) is 18.3. The van der Waals surface area contributed by atoms with Crippen LogP contribution in [0, 0.1) is 10.1 Å². The number of aryl methyl sites for hydroxylation is 1. The maximum absolute atomic E-state index is 12.6. The van der Waals surface area contributed by atoms with E-state index in [0.29, 0.717) is 24.7 Å². The van der Waals surface area contributed by atoms with Crippen LogP contribution in [0.4, 0.5) is 11.5 Å². The highest BCUT2D eigenvalue weighted by molar-refractivity contribution is 5.61. The minimum absolute atomic E-state index is 0.162. The number of nitrogens with zero attached hydrogens (tertiary/aromatic N) is 6. The molecule has 0 bridgehead atoms. The Morgan fingerprint density at radius 1 is 1.23 bits per heavy atom. The van der Waals surface area contributed by atoms with Crippen molar-refractivity contribution in [3.8, 4) is 0 Å². The molecule has 0 aliphatic carbocycles. The summed E-state index contributed by atoms with van der Waals surface area (Å²) in [6.07, 6.45) is 4.92. The Morgan fingerprint density at radius 3 is 2.65 bits per heavy atom. The zero-order valence-electron chi connectivity index (χ0n) is 14.3. The van der Waals surface area contributed by atoms with E-state index in [2.05, 4.69) is 10.1 Å². The first kappa shape index (κ1) is 16.2. The lowest BCUT2D eigenvalue weighted by atomic mass is 9.93. The third-order valence-electron chi connectivity index (χ3n) is 4.95. The largest absolute Gasteiger partial charge is 0.376 e. The van der Waals surface area contributed by atoms with Crippen LogP contribution in [0.5, 0.6) is 0 Å². The van der Waals surface area contributed by atoms with E-state index in [9.17, 15) is 14.9 Å². The number of nitro groups is 1. The molecule has 0 radical (unpaired) electrons. The number of hydrogen-bond donors (Lipinski definition) is 0. The molecule has 0 unspecified atom stereocenters. The lowest BCUT2D eigenvalue weighted by molar-refractivity contribution is -0.385. The van der Waals surface area contributed by atoms with Gasteiger partial charge in [-0.1, -0.05) is 6.07 Å². The molecule has 0 atom stereocenters. The van der Waals surface area contributed by atoms with E-state index in [4.69, 9.17) is 0 Å². The molecule has 1 aliphatic rings.